The summed E-state index contributed by atoms with van der Waals surface area (Å²) in [7, 11) is 0. The first-order valence-corrected chi connectivity index (χ1v) is 16.8. The average molecular weight is 599 g/mol. The molecule has 1 heteroatoms. The molecule has 1 heterocycles. The van der Waals surface area contributed by atoms with Crippen molar-refractivity contribution in [1.82, 2.24) is 0 Å². The van der Waals surface area contributed by atoms with Crippen molar-refractivity contribution in [2.75, 3.05) is 0 Å². The Morgan fingerprint density at radius 2 is 0.913 bits per heavy atom. The Kier molecular flexibility index (Phi) is 4.75. The Labute approximate surface area is 270 Å². The van der Waals surface area contributed by atoms with Crippen molar-refractivity contribution in [2.45, 2.75) is 5.41 Å². The monoisotopic (exact) mass is 598 g/mol. The van der Waals surface area contributed by atoms with E-state index >= 15 is 0 Å². The molecule has 0 aliphatic heterocycles. The van der Waals surface area contributed by atoms with E-state index in [9.17, 15) is 0 Å². The molecule has 1 aromatic heterocycles. The van der Waals surface area contributed by atoms with Crippen LogP contribution in [0.5, 0.6) is 0 Å². The average Bonchev–Trinajstić information content (AvgIpc) is 3.63. The quantitative estimate of drug-likeness (QED) is 0.176. The van der Waals surface area contributed by atoms with Gasteiger partial charge in [-0.3, -0.25) is 0 Å². The lowest BCUT2D eigenvalue weighted by atomic mass is 9.61. The van der Waals surface area contributed by atoms with Crippen LogP contribution in [0.15, 0.2) is 158 Å². The molecule has 0 radical (unpaired) electrons. The van der Waals surface area contributed by atoms with Crippen LogP contribution in [0.4, 0.5) is 0 Å². The Bertz CT molecular complexity index is 2710. The first kappa shape index (κ1) is 24.8. The maximum Gasteiger partial charge on any atom is 0.0725 e. The van der Waals surface area contributed by atoms with Crippen molar-refractivity contribution in [1.29, 1.82) is 0 Å². The summed E-state index contributed by atoms with van der Waals surface area (Å²) in [6, 6.07) is 59.4. The van der Waals surface area contributed by atoms with Crippen LogP contribution in [-0.4, -0.2) is 0 Å². The van der Waals surface area contributed by atoms with Crippen LogP contribution in [0.1, 0.15) is 22.3 Å². The van der Waals surface area contributed by atoms with Gasteiger partial charge in [0.2, 0.25) is 0 Å². The molecule has 0 saturated heterocycles. The van der Waals surface area contributed by atoms with Crippen molar-refractivity contribution in [2.24, 2.45) is 0 Å². The van der Waals surface area contributed by atoms with Gasteiger partial charge in [-0.05, 0) is 83.7 Å². The minimum atomic E-state index is -0.388. The fourth-order valence-electron chi connectivity index (χ4n) is 8.96. The highest BCUT2D eigenvalue weighted by Crippen LogP contribution is 2.62. The Hall–Kier alpha value is -5.50. The van der Waals surface area contributed by atoms with E-state index in [1.807, 2.05) is 11.3 Å². The molecule has 0 bridgehead atoms. The Morgan fingerprint density at radius 3 is 1.65 bits per heavy atom. The van der Waals surface area contributed by atoms with Crippen molar-refractivity contribution in [3.05, 3.63) is 180 Å². The molecule has 0 unspecified atom stereocenters. The second-order valence-corrected chi connectivity index (χ2v) is 13.8. The lowest BCUT2D eigenvalue weighted by Crippen LogP contribution is -2.31. The van der Waals surface area contributed by atoms with Gasteiger partial charge in [-0.2, -0.15) is 0 Å². The van der Waals surface area contributed by atoms with Crippen molar-refractivity contribution in [3.8, 4) is 33.4 Å². The number of hydrogen-bond donors (Lipinski definition) is 0. The molecule has 0 fully saturated rings. The number of fused-ring (bicyclic) bond motifs is 13. The van der Waals surface area contributed by atoms with E-state index in [2.05, 4.69) is 158 Å². The predicted octanol–water partition coefficient (Wildman–Crippen LogP) is 12.4. The van der Waals surface area contributed by atoms with Gasteiger partial charge < -0.3 is 0 Å². The van der Waals surface area contributed by atoms with Crippen molar-refractivity contribution in [3.63, 3.8) is 0 Å². The number of benzene rings is 8. The molecule has 9 aromatic rings. The highest BCUT2D eigenvalue weighted by Gasteiger charge is 2.49. The standard InChI is InChI=1S/C45H26S/c1-2-13-28-27(12-1)26-36-32-17-6-10-23-41(32)46-44(36)43(28)35-25-24-34-31-16-5-9-21-39(31)45(40-22-11-18-33(35)42(34)40)37-19-7-3-14-29(37)30-15-4-8-20-38(30)45/h1-26H. The molecular weight excluding hydrogens is 573 g/mol. The molecule has 46 heavy (non-hydrogen) atoms. The van der Waals surface area contributed by atoms with E-state index < -0.39 is 0 Å². The van der Waals surface area contributed by atoms with Crippen LogP contribution >= 0.6 is 11.3 Å². The van der Waals surface area contributed by atoms with Gasteiger partial charge in [-0.1, -0.05) is 146 Å². The molecule has 8 aromatic carbocycles. The van der Waals surface area contributed by atoms with Crippen LogP contribution in [0.3, 0.4) is 0 Å². The van der Waals surface area contributed by atoms with E-state index in [0.29, 0.717) is 0 Å². The summed E-state index contributed by atoms with van der Waals surface area (Å²) >= 11 is 1.92. The molecule has 1 spiro atoms. The van der Waals surface area contributed by atoms with Crippen LogP contribution < -0.4 is 0 Å². The number of hydrogen-bond acceptors (Lipinski definition) is 1. The molecule has 0 atom stereocenters. The normalized spacial score (nSPS) is 13.8. The fourth-order valence-corrected chi connectivity index (χ4v) is 10.2. The largest absolute Gasteiger partial charge is 0.135 e. The third-order valence-electron chi connectivity index (χ3n) is 10.7. The van der Waals surface area contributed by atoms with Crippen molar-refractivity contribution < 1.29 is 0 Å². The number of rotatable bonds is 1. The van der Waals surface area contributed by atoms with Gasteiger partial charge in [0.15, 0.2) is 0 Å². The zero-order valence-electron chi connectivity index (χ0n) is 24.9. The van der Waals surface area contributed by atoms with Gasteiger partial charge in [0.1, 0.15) is 0 Å². The van der Waals surface area contributed by atoms with Gasteiger partial charge in [-0.15, -0.1) is 11.3 Å². The van der Waals surface area contributed by atoms with Crippen LogP contribution in [-0.2, 0) is 5.41 Å². The summed E-state index contributed by atoms with van der Waals surface area (Å²) in [6.07, 6.45) is 0. The topological polar surface area (TPSA) is 0 Å². The molecule has 0 saturated carbocycles. The third kappa shape index (κ3) is 2.91. The maximum absolute atomic E-state index is 2.41. The minimum absolute atomic E-state index is 0.388. The Balaban J connectivity index is 1.34. The SMILES string of the molecule is c1ccc2c(c1)-c1ccccc1C21c2ccccc2-c2ccc(-c3c4ccccc4cc4c3sc3ccccc34)c3cccc1c23. The van der Waals surface area contributed by atoms with E-state index in [4.69, 9.17) is 0 Å². The second-order valence-electron chi connectivity index (χ2n) is 12.7. The van der Waals surface area contributed by atoms with Crippen molar-refractivity contribution >= 4 is 53.1 Å². The first-order valence-electron chi connectivity index (χ1n) is 16.0. The summed E-state index contributed by atoms with van der Waals surface area (Å²) in [5.74, 6) is 0. The molecule has 212 valence electrons. The summed E-state index contributed by atoms with van der Waals surface area (Å²) < 4.78 is 2.70. The van der Waals surface area contributed by atoms with Crippen LogP contribution in [0.2, 0.25) is 0 Å². The first-order chi connectivity index (χ1) is 22.8. The minimum Gasteiger partial charge on any atom is -0.135 e. The summed E-state index contributed by atoms with van der Waals surface area (Å²) in [5, 5.41) is 7.96. The highest BCUT2D eigenvalue weighted by atomic mass is 32.1. The summed E-state index contributed by atoms with van der Waals surface area (Å²) in [6.45, 7) is 0. The van der Waals surface area contributed by atoms with Crippen LogP contribution in [0, 0.1) is 0 Å². The summed E-state index contributed by atoms with van der Waals surface area (Å²) in [5.41, 5.74) is 13.1. The second kappa shape index (κ2) is 8.81. The molecule has 2 aliphatic rings. The zero-order valence-corrected chi connectivity index (χ0v) is 25.7. The highest BCUT2D eigenvalue weighted by molar-refractivity contribution is 7.26. The molecular formula is C45H26S. The lowest BCUT2D eigenvalue weighted by molar-refractivity contribution is 0.773. The summed E-state index contributed by atoms with van der Waals surface area (Å²) in [4.78, 5) is 0. The lowest BCUT2D eigenvalue weighted by Gasteiger charge is -2.40. The van der Waals surface area contributed by atoms with Gasteiger partial charge in [0.25, 0.3) is 0 Å². The third-order valence-corrected chi connectivity index (χ3v) is 11.9. The molecule has 2 aliphatic carbocycles. The van der Waals surface area contributed by atoms with Gasteiger partial charge in [0.05, 0.1) is 5.41 Å². The van der Waals surface area contributed by atoms with E-state index in [0.717, 1.165) is 0 Å². The smallest absolute Gasteiger partial charge is 0.0725 e. The molecule has 0 nitrogen and oxygen atoms in total. The maximum atomic E-state index is 2.41. The Morgan fingerprint density at radius 1 is 0.370 bits per heavy atom. The van der Waals surface area contributed by atoms with E-state index in [1.165, 1.54) is 97.4 Å². The van der Waals surface area contributed by atoms with Crippen LogP contribution in [0.25, 0.3) is 75.1 Å². The van der Waals surface area contributed by atoms with Gasteiger partial charge >= 0.3 is 0 Å². The van der Waals surface area contributed by atoms with Gasteiger partial charge in [-0.25, -0.2) is 0 Å². The molecule has 11 rings (SSSR count). The van der Waals surface area contributed by atoms with E-state index in [1.54, 1.807) is 0 Å². The predicted molar refractivity (Wildman–Crippen MR) is 196 cm³/mol. The van der Waals surface area contributed by atoms with E-state index in [-0.39, 0.29) is 5.41 Å². The number of thiophene rings is 1. The van der Waals surface area contributed by atoms with Gasteiger partial charge in [0, 0.05) is 25.7 Å². The molecule has 0 amide bonds. The zero-order chi connectivity index (χ0) is 30.0. The fraction of sp³-hybridized carbons (Fsp3) is 0.0222. The molecule has 0 N–H and O–H groups in total.